The van der Waals surface area contributed by atoms with E-state index < -0.39 is 0 Å². The molecule has 0 aromatic heterocycles. The molecule has 7 rings (SSSR count). The minimum absolute atomic E-state index is 0.266. The largest absolute Gasteiger partial charge is 0.206 e. The second-order valence-corrected chi connectivity index (χ2v) is 9.16. The van der Waals surface area contributed by atoms with Crippen LogP contribution in [0.5, 0.6) is 0 Å². The summed E-state index contributed by atoms with van der Waals surface area (Å²) in [4.78, 5) is 0. The maximum absolute atomic E-state index is 15.4. The summed E-state index contributed by atoms with van der Waals surface area (Å²) in [6.07, 6.45) is 0. The van der Waals surface area contributed by atoms with Gasteiger partial charge < -0.3 is 0 Å². The van der Waals surface area contributed by atoms with Crippen LogP contribution in [0.15, 0.2) is 103 Å². The third kappa shape index (κ3) is 2.72. The van der Waals surface area contributed by atoms with Gasteiger partial charge in [-0.2, -0.15) is 0 Å². The molecule has 0 saturated heterocycles. The average Bonchev–Trinajstić information content (AvgIpc) is 3.21. The van der Waals surface area contributed by atoms with Gasteiger partial charge in [0.25, 0.3) is 0 Å². The van der Waals surface area contributed by atoms with E-state index in [9.17, 15) is 0 Å². The quantitative estimate of drug-likeness (QED) is 0.238. The molecule has 0 saturated carbocycles. The van der Waals surface area contributed by atoms with E-state index in [4.69, 9.17) is 0 Å². The van der Waals surface area contributed by atoms with Gasteiger partial charge in [0.2, 0.25) is 0 Å². The van der Waals surface area contributed by atoms with Crippen molar-refractivity contribution in [3.63, 3.8) is 0 Å². The Balaban J connectivity index is 1.79. The van der Waals surface area contributed by atoms with E-state index in [-0.39, 0.29) is 11.6 Å². The summed E-state index contributed by atoms with van der Waals surface area (Å²) in [7, 11) is 2.11. The van der Waals surface area contributed by atoms with Gasteiger partial charge in [0.1, 0.15) is 19.5 Å². The molecule has 6 aromatic rings. The topological polar surface area (TPSA) is 0 Å². The Morgan fingerprint density at radius 3 is 1.43 bits per heavy atom. The molecule has 0 bridgehead atoms. The van der Waals surface area contributed by atoms with Crippen LogP contribution in [0.2, 0.25) is 0 Å². The Morgan fingerprint density at radius 2 is 0.857 bits per heavy atom. The monoisotopic (exact) mass is 452 g/mol. The molecule has 0 aliphatic heterocycles. The average molecular weight is 452 g/mol. The minimum Gasteiger partial charge on any atom is -0.206 e. The molecule has 35 heavy (non-hydrogen) atoms. The number of benzene rings is 6. The van der Waals surface area contributed by atoms with Crippen molar-refractivity contribution in [1.29, 1.82) is 0 Å². The Kier molecular flexibility index (Phi) is 4.25. The molecule has 0 spiro atoms. The van der Waals surface area contributed by atoms with Crippen molar-refractivity contribution in [1.82, 2.24) is 0 Å². The van der Waals surface area contributed by atoms with Crippen LogP contribution in [0, 0.1) is 11.6 Å². The maximum atomic E-state index is 15.4. The number of halogens is 2. The lowest BCUT2D eigenvalue weighted by atomic mass is 9.82. The highest BCUT2D eigenvalue weighted by Gasteiger charge is 2.31. The van der Waals surface area contributed by atoms with Gasteiger partial charge in [-0.25, -0.2) is 8.78 Å². The number of fused-ring (bicyclic) bond motifs is 4. The molecule has 3 heteroatoms. The molecule has 1 aliphatic rings. The van der Waals surface area contributed by atoms with E-state index in [2.05, 4.69) is 38.2 Å². The van der Waals surface area contributed by atoms with Gasteiger partial charge in [0.15, 0.2) is 0 Å². The molecule has 0 atom stereocenters. The predicted octanol–water partition coefficient (Wildman–Crippen LogP) is 7.51. The first-order valence-electron chi connectivity index (χ1n) is 11.8. The second kappa shape index (κ2) is 7.38. The molecule has 0 heterocycles. The summed E-state index contributed by atoms with van der Waals surface area (Å²) in [5.74, 6) is -0.532. The molecule has 6 aromatic carbocycles. The van der Waals surface area contributed by atoms with Crippen molar-refractivity contribution in [2.45, 2.75) is 0 Å². The van der Waals surface area contributed by atoms with Gasteiger partial charge in [-0.1, -0.05) is 96.5 Å². The van der Waals surface area contributed by atoms with Crippen LogP contribution < -0.4 is 5.46 Å². The van der Waals surface area contributed by atoms with Crippen molar-refractivity contribution in [3.8, 4) is 44.5 Å². The van der Waals surface area contributed by atoms with E-state index in [1.807, 2.05) is 48.5 Å². The zero-order valence-electron chi connectivity index (χ0n) is 19.1. The molecule has 164 valence electrons. The fourth-order valence-electron chi connectivity index (χ4n) is 5.83. The highest BCUT2D eigenvalue weighted by molar-refractivity contribution is 6.41. The molecule has 0 fully saturated rings. The number of hydrogen-bond donors (Lipinski definition) is 0. The van der Waals surface area contributed by atoms with Crippen molar-refractivity contribution < 1.29 is 8.78 Å². The lowest BCUT2D eigenvalue weighted by Crippen LogP contribution is -2.03. The van der Waals surface area contributed by atoms with Crippen LogP contribution in [-0.2, 0) is 0 Å². The number of hydrogen-bond acceptors (Lipinski definition) is 0. The van der Waals surface area contributed by atoms with E-state index >= 15 is 8.78 Å². The summed E-state index contributed by atoms with van der Waals surface area (Å²) in [5, 5.41) is 4.14. The van der Waals surface area contributed by atoms with Gasteiger partial charge in [0.05, 0.1) is 0 Å². The molecule has 0 radical (unpaired) electrons. The standard InChI is InChI=1S/C32H19BF2/c33-25-17-16-24-28-20(25)12-7-13-23(28)31-29(21-10-3-5-14-26(21)34)18-8-1-2-9-19(18)30(32(24)31)22-11-4-6-15-27(22)35/h1-17H,33H2. The Hall–Kier alpha value is -4.24. The van der Waals surface area contributed by atoms with Crippen LogP contribution in [-0.4, -0.2) is 7.85 Å². The van der Waals surface area contributed by atoms with Crippen molar-refractivity contribution >= 4 is 34.9 Å². The zero-order chi connectivity index (χ0) is 23.7. The fourth-order valence-corrected chi connectivity index (χ4v) is 5.83. The maximum Gasteiger partial charge on any atom is 0.140 e. The van der Waals surface area contributed by atoms with Gasteiger partial charge in [-0.05, 0) is 55.9 Å². The summed E-state index contributed by atoms with van der Waals surface area (Å²) in [6.45, 7) is 0. The first-order chi connectivity index (χ1) is 17.1. The predicted molar refractivity (Wildman–Crippen MR) is 145 cm³/mol. The van der Waals surface area contributed by atoms with Crippen molar-refractivity contribution in [2.24, 2.45) is 0 Å². The summed E-state index contributed by atoms with van der Waals surface area (Å²) in [5.41, 5.74) is 8.09. The Labute approximate surface area is 202 Å². The molecule has 0 amide bonds. The fraction of sp³-hybridized carbons (Fsp3) is 0. The van der Waals surface area contributed by atoms with E-state index in [1.54, 1.807) is 12.1 Å². The van der Waals surface area contributed by atoms with Gasteiger partial charge in [-0.3, -0.25) is 0 Å². The molecular weight excluding hydrogens is 433 g/mol. The first-order valence-corrected chi connectivity index (χ1v) is 11.8. The highest BCUT2D eigenvalue weighted by atomic mass is 19.1. The highest BCUT2D eigenvalue weighted by Crippen LogP contribution is 2.57. The third-order valence-corrected chi connectivity index (χ3v) is 7.30. The van der Waals surface area contributed by atoms with Crippen LogP contribution >= 0.6 is 0 Å². The van der Waals surface area contributed by atoms with Gasteiger partial charge in [0, 0.05) is 22.3 Å². The summed E-state index contributed by atoms with van der Waals surface area (Å²) < 4.78 is 30.8. The van der Waals surface area contributed by atoms with Crippen LogP contribution in [0.25, 0.3) is 66.1 Å². The molecule has 0 N–H and O–H groups in total. The number of rotatable bonds is 2. The molecule has 0 unspecified atom stereocenters. The SMILES string of the molecule is Bc1ccc2c3c(cccc13)-c1c-2c(-c2ccccc2F)c2ccccc2c1-c1ccccc1F. The van der Waals surface area contributed by atoms with Gasteiger partial charge in [-0.15, -0.1) is 0 Å². The van der Waals surface area contributed by atoms with Crippen molar-refractivity contribution in [2.75, 3.05) is 0 Å². The van der Waals surface area contributed by atoms with Crippen LogP contribution in [0.3, 0.4) is 0 Å². The minimum atomic E-state index is -0.266. The molecular formula is C32H19BF2. The van der Waals surface area contributed by atoms with Crippen molar-refractivity contribution in [3.05, 3.63) is 115 Å². The zero-order valence-corrected chi connectivity index (χ0v) is 19.1. The van der Waals surface area contributed by atoms with E-state index in [0.717, 1.165) is 49.5 Å². The lowest BCUT2D eigenvalue weighted by Gasteiger charge is -2.21. The lowest BCUT2D eigenvalue weighted by molar-refractivity contribution is 0.631. The molecule has 1 aliphatic carbocycles. The smallest absolute Gasteiger partial charge is 0.140 e. The Bertz CT molecular complexity index is 1740. The van der Waals surface area contributed by atoms with Gasteiger partial charge >= 0.3 is 0 Å². The summed E-state index contributed by atoms with van der Waals surface area (Å²) in [6, 6.07) is 32.4. The second-order valence-electron chi connectivity index (χ2n) is 9.16. The normalized spacial score (nSPS) is 11.8. The first kappa shape index (κ1) is 20.2. The Morgan fingerprint density at radius 1 is 0.400 bits per heavy atom. The van der Waals surface area contributed by atoms with Crippen LogP contribution in [0.1, 0.15) is 0 Å². The summed E-state index contributed by atoms with van der Waals surface area (Å²) >= 11 is 0. The molecule has 0 nitrogen and oxygen atoms in total. The van der Waals surface area contributed by atoms with Crippen LogP contribution in [0.4, 0.5) is 8.78 Å². The third-order valence-electron chi connectivity index (χ3n) is 7.30. The van der Waals surface area contributed by atoms with E-state index in [1.165, 1.54) is 23.0 Å². The van der Waals surface area contributed by atoms with E-state index in [0.29, 0.717) is 11.1 Å².